The van der Waals surface area contributed by atoms with Crippen LogP contribution in [0.3, 0.4) is 0 Å². The van der Waals surface area contributed by atoms with Crippen LogP contribution < -0.4 is 0 Å². The average molecular weight is 332 g/mol. The van der Waals surface area contributed by atoms with E-state index in [1.54, 1.807) is 4.31 Å². The van der Waals surface area contributed by atoms with Crippen LogP contribution in [0.1, 0.15) is 30.7 Å². The summed E-state index contributed by atoms with van der Waals surface area (Å²) >= 11 is 6.00. The molecule has 1 aromatic carbocycles. The van der Waals surface area contributed by atoms with E-state index in [1.807, 2.05) is 24.3 Å². The lowest BCUT2D eigenvalue weighted by Crippen LogP contribution is -2.39. The van der Waals surface area contributed by atoms with E-state index < -0.39 is 10.0 Å². The van der Waals surface area contributed by atoms with Crippen molar-refractivity contribution >= 4 is 21.6 Å². The number of rotatable bonds is 5. The van der Waals surface area contributed by atoms with Crippen LogP contribution in [0.15, 0.2) is 24.3 Å². The Morgan fingerprint density at radius 3 is 2.86 bits per heavy atom. The van der Waals surface area contributed by atoms with Gasteiger partial charge in [0.15, 0.2) is 0 Å². The van der Waals surface area contributed by atoms with Crippen molar-refractivity contribution in [1.82, 2.24) is 4.31 Å². The summed E-state index contributed by atoms with van der Waals surface area (Å²) in [5.74, 6) is 0.290. The Labute approximate surface area is 131 Å². The Morgan fingerprint density at radius 2 is 2.24 bits per heavy atom. The highest BCUT2D eigenvalue weighted by molar-refractivity contribution is 7.88. The zero-order chi connectivity index (χ0) is 15.5. The predicted octanol–water partition coefficient (Wildman–Crippen LogP) is 2.48. The molecule has 1 aliphatic heterocycles. The van der Waals surface area contributed by atoms with E-state index in [2.05, 4.69) is 0 Å². The van der Waals surface area contributed by atoms with Crippen LogP contribution in [0.4, 0.5) is 0 Å². The van der Waals surface area contributed by atoms with Crippen molar-refractivity contribution in [3.05, 3.63) is 34.9 Å². The van der Waals surface area contributed by atoms with Gasteiger partial charge >= 0.3 is 0 Å². The maximum absolute atomic E-state index is 11.7. The fourth-order valence-corrected chi connectivity index (χ4v) is 4.14. The summed E-state index contributed by atoms with van der Waals surface area (Å²) < 4.78 is 24.9. The molecule has 2 rings (SSSR count). The van der Waals surface area contributed by atoms with Crippen LogP contribution in [-0.4, -0.2) is 43.8 Å². The van der Waals surface area contributed by atoms with E-state index in [4.69, 9.17) is 11.6 Å². The van der Waals surface area contributed by atoms with Crippen LogP contribution in [0.2, 0.25) is 5.02 Å². The minimum Gasteiger partial charge on any atom is -0.396 e. The third-order valence-corrected chi connectivity index (χ3v) is 5.61. The van der Waals surface area contributed by atoms with E-state index in [1.165, 1.54) is 6.26 Å². The molecule has 0 aliphatic carbocycles. The van der Waals surface area contributed by atoms with Gasteiger partial charge in [0.1, 0.15) is 0 Å². The molecule has 0 aromatic heterocycles. The molecule has 1 fully saturated rings. The molecule has 0 saturated carbocycles. The first-order valence-electron chi connectivity index (χ1n) is 7.21. The molecule has 0 bridgehead atoms. The molecule has 118 valence electrons. The number of piperidine rings is 1. The van der Waals surface area contributed by atoms with E-state index in [0.717, 1.165) is 24.8 Å². The molecular weight excluding hydrogens is 310 g/mol. The number of sulfonamides is 1. The van der Waals surface area contributed by atoms with Gasteiger partial charge < -0.3 is 5.11 Å². The largest absolute Gasteiger partial charge is 0.396 e. The van der Waals surface area contributed by atoms with Gasteiger partial charge in [-0.2, -0.15) is 0 Å². The minimum absolute atomic E-state index is 0.00760. The van der Waals surface area contributed by atoms with E-state index >= 15 is 0 Å². The molecule has 1 heterocycles. The number of benzene rings is 1. The van der Waals surface area contributed by atoms with Crippen LogP contribution in [0.5, 0.6) is 0 Å². The van der Waals surface area contributed by atoms with Crippen molar-refractivity contribution < 1.29 is 13.5 Å². The van der Waals surface area contributed by atoms with E-state index in [0.29, 0.717) is 18.1 Å². The highest BCUT2D eigenvalue weighted by Crippen LogP contribution is 2.30. The molecule has 0 radical (unpaired) electrons. The topological polar surface area (TPSA) is 57.6 Å². The molecule has 21 heavy (non-hydrogen) atoms. The summed E-state index contributed by atoms with van der Waals surface area (Å²) in [6.45, 7) is 1.21. The maximum Gasteiger partial charge on any atom is 0.211 e. The fourth-order valence-electron chi connectivity index (χ4n) is 3.00. The van der Waals surface area contributed by atoms with Crippen molar-refractivity contribution in [3.8, 4) is 0 Å². The Morgan fingerprint density at radius 1 is 1.48 bits per heavy atom. The summed E-state index contributed by atoms with van der Waals surface area (Å²) in [4.78, 5) is 0. The highest BCUT2D eigenvalue weighted by atomic mass is 35.5. The van der Waals surface area contributed by atoms with Gasteiger partial charge in [0.2, 0.25) is 10.0 Å². The van der Waals surface area contributed by atoms with Crippen molar-refractivity contribution in [2.24, 2.45) is 5.92 Å². The van der Waals surface area contributed by atoms with Gasteiger partial charge in [0.05, 0.1) is 6.26 Å². The lowest BCUT2D eigenvalue weighted by atomic mass is 9.85. The SMILES string of the molecule is CS(=O)(=O)N1CCCC(CC(CO)c2cccc(Cl)c2)C1. The smallest absolute Gasteiger partial charge is 0.211 e. The second kappa shape index (κ2) is 7.09. The molecule has 0 amide bonds. The van der Waals surface area contributed by atoms with Crippen molar-refractivity contribution in [1.29, 1.82) is 0 Å². The molecule has 1 aromatic rings. The lowest BCUT2D eigenvalue weighted by Gasteiger charge is -2.32. The molecule has 0 spiro atoms. The third-order valence-electron chi connectivity index (χ3n) is 4.11. The molecule has 1 aliphatic rings. The number of hydrogen-bond donors (Lipinski definition) is 1. The van der Waals surface area contributed by atoms with Crippen molar-refractivity contribution in [2.45, 2.75) is 25.2 Å². The monoisotopic (exact) mass is 331 g/mol. The fraction of sp³-hybridized carbons (Fsp3) is 0.600. The first-order chi connectivity index (χ1) is 9.90. The second-order valence-corrected chi connectivity index (χ2v) is 8.22. The highest BCUT2D eigenvalue weighted by Gasteiger charge is 2.28. The van der Waals surface area contributed by atoms with E-state index in [9.17, 15) is 13.5 Å². The summed E-state index contributed by atoms with van der Waals surface area (Å²) in [6.07, 6.45) is 3.92. The summed E-state index contributed by atoms with van der Waals surface area (Å²) in [5.41, 5.74) is 1.02. The van der Waals surface area contributed by atoms with Gasteiger partial charge in [-0.15, -0.1) is 0 Å². The number of hydrogen-bond acceptors (Lipinski definition) is 3. The Balaban J connectivity index is 2.05. The van der Waals surface area contributed by atoms with Crippen molar-refractivity contribution in [2.75, 3.05) is 26.0 Å². The minimum atomic E-state index is -3.12. The molecular formula is C15H22ClNO3S. The van der Waals surface area contributed by atoms with Gasteiger partial charge in [-0.25, -0.2) is 12.7 Å². The van der Waals surface area contributed by atoms with Crippen LogP contribution in [-0.2, 0) is 10.0 Å². The van der Waals surface area contributed by atoms with Crippen LogP contribution >= 0.6 is 11.6 Å². The number of halogens is 1. The van der Waals surface area contributed by atoms with Gasteiger partial charge in [-0.1, -0.05) is 23.7 Å². The molecule has 2 unspecified atom stereocenters. The van der Waals surface area contributed by atoms with Gasteiger partial charge in [-0.05, 0) is 42.9 Å². The average Bonchev–Trinajstić information content (AvgIpc) is 2.44. The van der Waals surface area contributed by atoms with Crippen molar-refractivity contribution in [3.63, 3.8) is 0 Å². The number of aliphatic hydroxyl groups excluding tert-OH is 1. The molecule has 6 heteroatoms. The van der Waals surface area contributed by atoms with Gasteiger partial charge in [-0.3, -0.25) is 0 Å². The van der Waals surface area contributed by atoms with Crippen LogP contribution in [0, 0.1) is 5.92 Å². The normalized spacial score (nSPS) is 22.1. The van der Waals surface area contributed by atoms with Gasteiger partial charge in [0, 0.05) is 30.6 Å². The zero-order valence-electron chi connectivity index (χ0n) is 12.2. The van der Waals surface area contributed by atoms with Gasteiger partial charge in [0.25, 0.3) is 0 Å². The molecule has 1 saturated heterocycles. The Bertz CT molecular complexity index is 576. The summed E-state index contributed by atoms with van der Waals surface area (Å²) in [5, 5.41) is 10.3. The number of aliphatic hydroxyl groups is 1. The quantitative estimate of drug-likeness (QED) is 0.901. The zero-order valence-corrected chi connectivity index (χ0v) is 13.8. The molecule has 4 nitrogen and oxygen atoms in total. The first-order valence-corrected chi connectivity index (χ1v) is 9.44. The molecule has 2 atom stereocenters. The van der Waals surface area contributed by atoms with Crippen LogP contribution in [0.25, 0.3) is 0 Å². The summed E-state index contributed by atoms with van der Waals surface area (Å²) in [6, 6.07) is 7.53. The Kier molecular flexibility index (Phi) is 5.66. The standard InChI is InChI=1S/C15H22ClNO3S/c1-21(19,20)17-7-3-4-12(10-17)8-14(11-18)13-5-2-6-15(16)9-13/h2,5-6,9,12,14,18H,3-4,7-8,10-11H2,1H3. The maximum atomic E-state index is 11.7. The molecule has 1 N–H and O–H groups in total. The Hall–Kier alpha value is -0.620. The predicted molar refractivity (Wildman–Crippen MR) is 85.0 cm³/mol. The lowest BCUT2D eigenvalue weighted by molar-refractivity contribution is 0.206. The summed E-state index contributed by atoms with van der Waals surface area (Å²) in [7, 11) is -3.12. The second-order valence-electron chi connectivity index (χ2n) is 5.80. The number of nitrogens with zero attached hydrogens (tertiary/aromatic N) is 1. The third kappa shape index (κ3) is 4.68. The first kappa shape index (κ1) is 16.7. The van der Waals surface area contributed by atoms with E-state index in [-0.39, 0.29) is 18.4 Å².